The lowest BCUT2D eigenvalue weighted by Gasteiger charge is -2.36. The van der Waals surface area contributed by atoms with Crippen molar-refractivity contribution in [3.05, 3.63) is 40.7 Å². The number of hydrogen-bond acceptors (Lipinski definition) is 5. The Kier molecular flexibility index (Phi) is 4.62. The largest absolute Gasteiger partial charge is 0.367 e. The van der Waals surface area contributed by atoms with Crippen molar-refractivity contribution in [1.29, 1.82) is 5.26 Å². The van der Waals surface area contributed by atoms with Gasteiger partial charge in [-0.05, 0) is 19.1 Å². The van der Waals surface area contributed by atoms with Crippen molar-refractivity contribution < 1.29 is 9.18 Å². The van der Waals surface area contributed by atoms with Gasteiger partial charge in [0.1, 0.15) is 17.4 Å². The number of aromatic nitrogens is 1. The van der Waals surface area contributed by atoms with Gasteiger partial charge in [-0.25, -0.2) is 14.2 Å². The molecule has 2 heterocycles. The molecule has 124 valence electrons. The van der Waals surface area contributed by atoms with Crippen molar-refractivity contribution in [2.45, 2.75) is 6.92 Å². The Labute approximate surface area is 143 Å². The molecule has 1 aliphatic heterocycles. The number of nitrogens with one attached hydrogen (secondary N) is 1. The van der Waals surface area contributed by atoms with Crippen molar-refractivity contribution in [2.75, 3.05) is 36.4 Å². The monoisotopic (exact) mass is 345 g/mol. The van der Waals surface area contributed by atoms with E-state index in [2.05, 4.69) is 10.3 Å². The lowest BCUT2D eigenvalue weighted by atomic mass is 10.1. The van der Waals surface area contributed by atoms with Crippen LogP contribution in [0.15, 0.2) is 23.6 Å². The summed E-state index contributed by atoms with van der Waals surface area (Å²) in [5.41, 5.74) is 1.50. The van der Waals surface area contributed by atoms with E-state index in [1.807, 2.05) is 23.3 Å². The SMILES string of the molecule is Cc1csc(NC(=O)N2CCN(c3cccc(F)c3C#N)CC2)n1. The molecule has 0 saturated carbocycles. The second-order valence-electron chi connectivity index (χ2n) is 5.44. The number of thiazole rings is 1. The van der Waals surface area contributed by atoms with Crippen LogP contribution in [0.2, 0.25) is 0 Å². The maximum absolute atomic E-state index is 13.7. The molecule has 0 bridgehead atoms. The van der Waals surface area contributed by atoms with E-state index in [0.29, 0.717) is 37.0 Å². The van der Waals surface area contributed by atoms with Gasteiger partial charge >= 0.3 is 6.03 Å². The number of amides is 2. The number of halogens is 1. The first-order valence-corrected chi connectivity index (χ1v) is 8.38. The van der Waals surface area contributed by atoms with Crippen LogP contribution in [0.5, 0.6) is 0 Å². The average Bonchev–Trinajstić information content (AvgIpc) is 2.99. The van der Waals surface area contributed by atoms with E-state index in [-0.39, 0.29) is 11.6 Å². The fraction of sp³-hybridized carbons (Fsp3) is 0.312. The predicted molar refractivity (Wildman–Crippen MR) is 90.8 cm³/mol. The zero-order valence-electron chi connectivity index (χ0n) is 13.1. The molecule has 1 fully saturated rings. The van der Waals surface area contributed by atoms with Gasteiger partial charge in [-0.1, -0.05) is 6.07 Å². The van der Waals surface area contributed by atoms with Gasteiger partial charge in [-0.2, -0.15) is 5.26 Å². The molecule has 0 radical (unpaired) electrons. The number of anilines is 2. The fourth-order valence-electron chi connectivity index (χ4n) is 2.62. The van der Waals surface area contributed by atoms with Crippen LogP contribution in [0.3, 0.4) is 0 Å². The second-order valence-corrected chi connectivity index (χ2v) is 6.30. The third kappa shape index (κ3) is 3.31. The maximum atomic E-state index is 13.7. The molecule has 2 aromatic rings. The number of carbonyl (C=O) groups is 1. The summed E-state index contributed by atoms with van der Waals surface area (Å²) >= 11 is 1.39. The van der Waals surface area contributed by atoms with Crippen LogP contribution in [-0.2, 0) is 0 Å². The average molecular weight is 345 g/mol. The highest BCUT2D eigenvalue weighted by molar-refractivity contribution is 7.13. The standard InChI is InChI=1S/C16H16FN5OS/c1-11-10-24-15(19-11)20-16(23)22-7-5-21(6-8-22)14-4-2-3-13(17)12(14)9-18/h2-4,10H,5-8H2,1H3,(H,19,20,23). The van der Waals surface area contributed by atoms with Crippen molar-refractivity contribution >= 4 is 28.2 Å². The molecule has 24 heavy (non-hydrogen) atoms. The quantitative estimate of drug-likeness (QED) is 0.908. The third-order valence-corrected chi connectivity index (χ3v) is 4.72. The molecule has 0 unspecified atom stereocenters. The topological polar surface area (TPSA) is 72.3 Å². The van der Waals surface area contributed by atoms with Gasteiger partial charge in [-0.15, -0.1) is 11.3 Å². The molecule has 1 aromatic carbocycles. The Morgan fingerprint density at radius 2 is 2.12 bits per heavy atom. The van der Waals surface area contributed by atoms with Crippen molar-refractivity contribution in [1.82, 2.24) is 9.88 Å². The summed E-state index contributed by atoms with van der Waals surface area (Å²) < 4.78 is 13.7. The van der Waals surface area contributed by atoms with Crippen LogP contribution < -0.4 is 10.2 Å². The summed E-state index contributed by atoms with van der Waals surface area (Å²) in [6, 6.07) is 6.33. The van der Waals surface area contributed by atoms with Gasteiger partial charge < -0.3 is 9.80 Å². The Morgan fingerprint density at radius 3 is 2.75 bits per heavy atom. The summed E-state index contributed by atoms with van der Waals surface area (Å²) in [4.78, 5) is 20.1. The molecular weight excluding hydrogens is 329 g/mol. The third-order valence-electron chi connectivity index (χ3n) is 3.84. The molecule has 2 amide bonds. The molecule has 1 saturated heterocycles. The summed E-state index contributed by atoms with van der Waals surface area (Å²) in [6.45, 7) is 3.96. The first-order chi connectivity index (χ1) is 11.6. The minimum absolute atomic E-state index is 0.0497. The van der Waals surface area contributed by atoms with Crippen LogP contribution in [0.1, 0.15) is 11.3 Å². The van der Waals surface area contributed by atoms with Gasteiger partial charge in [-0.3, -0.25) is 5.32 Å². The van der Waals surface area contributed by atoms with Crippen LogP contribution in [0.4, 0.5) is 20.0 Å². The number of urea groups is 1. The Balaban J connectivity index is 1.63. The minimum Gasteiger partial charge on any atom is -0.367 e. The van der Waals surface area contributed by atoms with E-state index < -0.39 is 5.82 Å². The van der Waals surface area contributed by atoms with Gasteiger partial charge in [0, 0.05) is 31.6 Å². The summed E-state index contributed by atoms with van der Waals surface area (Å²) in [5, 5.41) is 14.4. The van der Waals surface area contributed by atoms with Crippen LogP contribution in [0.25, 0.3) is 0 Å². The van der Waals surface area contributed by atoms with E-state index in [1.54, 1.807) is 17.0 Å². The number of aryl methyl sites for hydroxylation is 1. The molecule has 1 N–H and O–H groups in total. The van der Waals surface area contributed by atoms with Gasteiger partial charge in [0.05, 0.1) is 11.4 Å². The fourth-order valence-corrected chi connectivity index (χ4v) is 3.30. The maximum Gasteiger partial charge on any atom is 0.323 e. The van der Waals surface area contributed by atoms with Crippen molar-refractivity contribution in [3.8, 4) is 6.07 Å². The molecule has 1 aliphatic rings. The molecule has 8 heteroatoms. The molecule has 1 aromatic heterocycles. The highest BCUT2D eigenvalue weighted by Gasteiger charge is 2.24. The molecule has 0 spiro atoms. The second kappa shape index (κ2) is 6.84. The van der Waals surface area contributed by atoms with E-state index >= 15 is 0 Å². The highest BCUT2D eigenvalue weighted by Crippen LogP contribution is 2.24. The smallest absolute Gasteiger partial charge is 0.323 e. The van der Waals surface area contributed by atoms with E-state index in [1.165, 1.54) is 17.4 Å². The molecule has 6 nitrogen and oxygen atoms in total. The lowest BCUT2D eigenvalue weighted by Crippen LogP contribution is -2.50. The van der Waals surface area contributed by atoms with Crippen molar-refractivity contribution in [3.63, 3.8) is 0 Å². The number of piperazine rings is 1. The Bertz CT molecular complexity index is 792. The first kappa shape index (κ1) is 16.2. The molecular formula is C16H16FN5OS. The number of hydrogen-bond donors (Lipinski definition) is 1. The van der Waals surface area contributed by atoms with Crippen LogP contribution >= 0.6 is 11.3 Å². The molecule has 3 rings (SSSR count). The van der Waals surface area contributed by atoms with E-state index in [4.69, 9.17) is 5.26 Å². The number of nitrogens with zero attached hydrogens (tertiary/aromatic N) is 4. The Morgan fingerprint density at radius 1 is 1.38 bits per heavy atom. The first-order valence-electron chi connectivity index (χ1n) is 7.50. The summed E-state index contributed by atoms with van der Waals surface area (Å²) in [5.74, 6) is -0.519. The van der Waals surface area contributed by atoms with E-state index in [0.717, 1.165) is 5.69 Å². The van der Waals surface area contributed by atoms with Gasteiger partial charge in [0.15, 0.2) is 5.13 Å². The molecule has 0 aliphatic carbocycles. The Hall–Kier alpha value is -2.66. The minimum atomic E-state index is -0.519. The number of benzene rings is 1. The predicted octanol–water partition coefficient (Wildman–Crippen LogP) is 2.82. The number of rotatable bonds is 2. The zero-order chi connectivity index (χ0) is 17.1. The van der Waals surface area contributed by atoms with Crippen molar-refractivity contribution in [2.24, 2.45) is 0 Å². The summed E-state index contributed by atoms with van der Waals surface area (Å²) in [6.07, 6.45) is 0. The number of nitriles is 1. The van der Waals surface area contributed by atoms with Crippen LogP contribution in [0, 0.1) is 24.1 Å². The zero-order valence-corrected chi connectivity index (χ0v) is 13.9. The normalized spacial score (nSPS) is 14.4. The van der Waals surface area contributed by atoms with Crippen LogP contribution in [-0.4, -0.2) is 42.1 Å². The molecule has 0 atom stereocenters. The van der Waals surface area contributed by atoms with E-state index in [9.17, 15) is 9.18 Å². The van der Waals surface area contributed by atoms with Gasteiger partial charge in [0.2, 0.25) is 0 Å². The lowest BCUT2D eigenvalue weighted by molar-refractivity contribution is 0.208. The summed E-state index contributed by atoms with van der Waals surface area (Å²) in [7, 11) is 0. The highest BCUT2D eigenvalue weighted by atomic mass is 32.1. The number of carbonyl (C=O) groups excluding carboxylic acids is 1. The van der Waals surface area contributed by atoms with Gasteiger partial charge in [0.25, 0.3) is 0 Å².